The molecule has 1 fully saturated rings. The molecule has 94 valence electrons. The first-order valence-corrected chi connectivity index (χ1v) is 7.87. The van der Waals surface area contributed by atoms with Crippen LogP contribution in [-0.4, -0.2) is 21.2 Å². The monoisotopic (exact) mass is 253 g/mol. The average Bonchev–Trinajstić information content (AvgIpc) is 2.22. The van der Waals surface area contributed by atoms with Gasteiger partial charge < -0.3 is 0 Å². The third kappa shape index (κ3) is 3.54. The molecule has 1 aliphatic rings. The van der Waals surface area contributed by atoms with Gasteiger partial charge in [-0.2, -0.15) is 0 Å². The molecule has 1 N–H and O–H groups in total. The van der Waals surface area contributed by atoms with Crippen molar-refractivity contribution < 1.29 is 8.42 Å². The molecular formula is C13H19NO2S. The summed E-state index contributed by atoms with van der Waals surface area (Å²) in [7, 11) is -3.08. The molecule has 0 spiro atoms. The molecule has 0 unspecified atom stereocenters. The van der Waals surface area contributed by atoms with E-state index in [4.69, 9.17) is 0 Å². The Morgan fingerprint density at radius 2 is 1.88 bits per heavy atom. The summed E-state index contributed by atoms with van der Waals surface area (Å²) in [4.78, 5) is 0. The van der Waals surface area contributed by atoms with Crippen LogP contribution >= 0.6 is 0 Å². The maximum absolute atomic E-state index is 11.2. The Labute approximate surface area is 103 Å². The summed E-state index contributed by atoms with van der Waals surface area (Å²) in [5.41, 5.74) is 1.44. The molecule has 2 rings (SSSR count). The Hall–Kier alpha value is -0.870. The van der Waals surface area contributed by atoms with Crippen molar-refractivity contribution in [3.8, 4) is 0 Å². The topological polar surface area (TPSA) is 46.2 Å². The molecule has 0 aliphatic heterocycles. The number of rotatable bonds is 5. The number of sulfonamides is 1. The van der Waals surface area contributed by atoms with Crippen LogP contribution in [0.15, 0.2) is 30.3 Å². The molecule has 0 bridgehead atoms. The molecule has 0 saturated heterocycles. The molecule has 3 nitrogen and oxygen atoms in total. The van der Waals surface area contributed by atoms with E-state index in [9.17, 15) is 8.42 Å². The lowest BCUT2D eigenvalue weighted by molar-refractivity contribution is 0.139. The highest BCUT2D eigenvalue weighted by molar-refractivity contribution is 7.88. The molecule has 4 heteroatoms. The zero-order valence-electron chi connectivity index (χ0n) is 10.1. The van der Waals surface area contributed by atoms with Crippen molar-refractivity contribution in [1.82, 2.24) is 4.72 Å². The fraction of sp³-hybridized carbons (Fsp3) is 0.538. The van der Waals surface area contributed by atoms with Crippen LogP contribution in [0.25, 0.3) is 0 Å². The van der Waals surface area contributed by atoms with Crippen molar-refractivity contribution in [2.75, 3.05) is 12.8 Å². The van der Waals surface area contributed by atoms with Crippen molar-refractivity contribution in [2.24, 2.45) is 5.41 Å². The number of nitrogens with one attached hydrogen (secondary N) is 1. The second kappa shape index (κ2) is 4.78. The van der Waals surface area contributed by atoms with E-state index < -0.39 is 10.0 Å². The predicted octanol–water partition coefficient (Wildman–Crippen LogP) is 1.95. The maximum atomic E-state index is 11.2. The summed E-state index contributed by atoms with van der Waals surface area (Å²) in [6, 6.07) is 10.3. The van der Waals surface area contributed by atoms with Gasteiger partial charge in [0.1, 0.15) is 0 Å². The first-order chi connectivity index (χ1) is 7.99. The number of benzene rings is 1. The van der Waals surface area contributed by atoms with Crippen LogP contribution < -0.4 is 4.72 Å². The second-order valence-electron chi connectivity index (χ2n) is 5.11. The van der Waals surface area contributed by atoms with Crippen LogP contribution in [0.2, 0.25) is 0 Å². The summed E-state index contributed by atoms with van der Waals surface area (Å²) in [6.45, 7) is 0.570. The fourth-order valence-electron chi connectivity index (χ4n) is 2.41. The van der Waals surface area contributed by atoms with Gasteiger partial charge in [0.2, 0.25) is 10.0 Å². The minimum atomic E-state index is -3.08. The summed E-state index contributed by atoms with van der Waals surface area (Å²) in [6.07, 6.45) is 5.63. The fourth-order valence-corrected chi connectivity index (χ4v) is 2.97. The lowest BCUT2D eigenvalue weighted by Gasteiger charge is -2.42. The standard InChI is InChI=1S/C13H19NO2S/c1-17(15,16)14-11-13(8-5-9-13)10-12-6-3-2-4-7-12/h2-4,6-7,14H,5,8-11H2,1H3. The molecule has 1 aliphatic carbocycles. The molecule has 0 amide bonds. The Kier molecular flexibility index (Phi) is 3.54. The zero-order valence-corrected chi connectivity index (χ0v) is 11.0. The summed E-state index contributed by atoms with van der Waals surface area (Å²) >= 11 is 0. The van der Waals surface area contributed by atoms with Crippen molar-refractivity contribution in [2.45, 2.75) is 25.7 Å². The summed E-state index contributed by atoms with van der Waals surface area (Å²) in [5.74, 6) is 0. The van der Waals surface area contributed by atoms with Crippen LogP contribution in [0.5, 0.6) is 0 Å². The van der Waals surface area contributed by atoms with E-state index in [0.717, 1.165) is 19.3 Å². The first-order valence-electron chi connectivity index (χ1n) is 5.98. The lowest BCUT2D eigenvalue weighted by Crippen LogP contribution is -2.43. The highest BCUT2D eigenvalue weighted by Gasteiger charge is 2.37. The number of hydrogen-bond donors (Lipinski definition) is 1. The summed E-state index contributed by atoms with van der Waals surface area (Å²) < 4.78 is 25.0. The zero-order chi connectivity index (χ0) is 12.4. The molecule has 1 aromatic rings. The molecule has 0 atom stereocenters. The van der Waals surface area contributed by atoms with Gasteiger partial charge in [0.25, 0.3) is 0 Å². The number of hydrogen-bond acceptors (Lipinski definition) is 2. The minimum absolute atomic E-state index is 0.143. The molecule has 17 heavy (non-hydrogen) atoms. The van der Waals surface area contributed by atoms with Crippen LogP contribution in [0.4, 0.5) is 0 Å². The second-order valence-corrected chi connectivity index (χ2v) is 6.94. The minimum Gasteiger partial charge on any atom is -0.215 e. The third-order valence-corrected chi connectivity index (χ3v) is 4.21. The largest absolute Gasteiger partial charge is 0.215 e. The average molecular weight is 253 g/mol. The Morgan fingerprint density at radius 1 is 1.24 bits per heavy atom. The van der Waals surface area contributed by atoms with Gasteiger partial charge in [-0.1, -0.05) is 36.8 Å². The smallest absolute Gasteiger partial charge is 0.208 e. The van der Waals surface area contributed by atoms with Crippen LogP contribution in [0.1, 0.15) is 24.8 Å². The molecule has 1 aromatic carbocycles. The van der Waals surface area contributed by atoms with E-state index >= 15 is 0 Å². The molecule has 0 aromatic heterocycles. The van der Waals surface area contributed by atoms with E-state index in [1.54, 1.807) is 0 Å². The van der Waals surface area contributed by atoms with Crippen molar-refractivity contribution in [3.63, 3.8) is 0 Å². The highest BCUT2D eigenvalue weighted by atomic mass is 32.2. The first kappa shape index (κ1) is 12.6. The van der Waals surface area contributed by atoms with Gasteiger partial charge in [-0.05, 0) is 30.2 Å². The van der Waals surface area contributed by atoms with Crippen molar-refractivity contribution in [1.29, 1.82) is 0 Å². The highest BCUT2D eigenvalue weighted by Crippen LogP contribution is 2.43. The van der Waals surface area contributed by atoms with Gasteiger partial charge in [0.15, 0.2) is 0 Å². The van der Waals surface area contributed by atoms with Crippen molar-refractivity contribution >= 4 is 10.0 Å². The van der Waals surface area contributed by atoms with E-state index in [1.165, 1.54) is 18.2 Å². The van der Waals surface area contributed by atoms with Gasteiger partial charge in [0, 0.05) is 6.54 Å². The van der Waals surface area contributed by atoms with Gasteiger partial charge in [-0.25, -0.2) is 13.1 Å². The van der Waals surface area contributed by atoms with Gasteiger partial charge in [-0.3, -0.25) is 0 Å². The van der Waals surface area contributed by atoms with Crippen LogP contribution in [0.3, 0.4) is 0 Å². The van der Waals surface area contributed by atoms with Gasteiger partial charge in [-0.15, -0.1) is 0 Å². The van der Waals surface area contributed by atoms with Gasteiger partial charge in [0.05, 0.1) is 6.26 Å². The molecule has 1 saturated carbocycles. The molecular weight excluding hydrogens is 234 g/mol. The maximum Gasteiger partial charge on any atom is 0.208 e. The quantitative estimate of drug-likeness (QED) is 0.871. The van der Waals surface area contributed by atoms with E-state index in [1.807, 2.05) is 18.2 Å². The SMILES string of the molecule is CS(=O)(=O)NCC1(Cc2ccccc2)CCC1. The molecule has 0 radical (unpaired) electrons. The van der Waals surface area contributed by atoms with E-state index in [0.29, 0.717) is 6.54 Å². The van der Waals surface area contributed by atoms with Gasteiger partial charge >= 0.3 is 0 Å². The van der Waals surface area contributed by atoms with Crippen LogP contribution in [-0.2, 0) is 16.4 Å². The predicted molar refractivity (Wildman–Crippen MR) is 69.3 cm³/mol. The summed E-state index contributed by atoms with van der Waals surface area (Å²) in [5, 5.41) is 0. The Bertz CT molecular complexity index is 463. The van der Waals surface area contributed by atoms with E-state index in [2.05, 4.69) is 16.9 Å². The lowest BCUT2D eigenvalue weighted by atomic mass is 9.65. The third-order valence-electron chi connectivity index (χ3n) is 3.55. The van der Waals surface area contributed by atoms with Crippen LogP contribution in [0, 0.1) is 5.41 Å². The Morgan fingerprint density at radius 3 is 2.35 bits per heavy atom. The Balaban J connectivity index is 2.00. The van der Waals surface area contributed by atoms with E-state index in [-0.39, 0.29) is 5.41 Å². The van der Waals surface area contributed by atoms with Crippen molar-refractivity contribution in [3.05, 3.63) is 35.9 Å². The normalized spacial score (nSPS) is 18.6. The molecule has 0 heterocycles.